The highest BCUT2D eigenvalue weighted by molar-refractivity contribution is 14.1. The topological polar surface area (TPSA) is 37.3 Å². The van der Waals surface area contributed by atoms with Crippen LogP contribution in [0.1, 0.15) is 70.3 Å². The Morgan fingerprint density at radius 2 is 1.81 bits per heavy atom. The Balaban J connectivity index is 1.67. The number of benzene rings is 1. The Morgan fingerprint density at radius 1 is 1.11 bits per heavy atom. The molecule has 1 aromatic carbocycles. The molecule has 6 atom stereocenters. The lowest BCUT2D eigenvalue weighted by molar-refractivity contribution is -0.266. The normalized spacial score (nSPS) is 36.1. The van der Waals surface area contributed by atoms with Gasteiger partial charge in [-0.2, -0.15) is 13.2 Å². The zero-order chi connectivity index (χ0) is 26.1. The maximum Gasteiger partial charge on any atom is 0.434 e. The van der Waals surface area contributed by atoms with Crippen LogP contribution in [0.4, 0.5) is 17.6 Å². The summed E-state index contributed by atoms with van der Waals surface area (Å²) in [6.45, 7) is 3.77. The second kappa shape index (κ2) is 9.11. The molecule has 0 spiro atoms. The number of hydrogen-bond acceptors (Lipinski definition) is 3. The molecule has 4 aliphatic carbocycles. The van der Waals surface area contributed by atoms with Crippen molar-refractivity contribution in [3.05, 3.63) is 52.6 Å². The second-order valence-corrected chi connectivity index (χ2v) is 13.8. The summed E-state index contributed by atoms with van der Waals surface area (Å²) >= 11 is 2.53. The number of hydrogen-bond donors (Lipinski definition) is 1. The molecule has 2 nitrogen and oxygen atoms in total. The van der Waals surface area contributed by atoms with Crippen LogP contribution in [0.15, 0.2) is 52.0 Å². The quantitative estimate of drug-likeness (QED) is 0.158. The highest BCUT2D eigenvalue weighted by Gasteiger charge is 2.77. The largest absolute Gasteiger partial charge is 0.434 e. The van der Waals surface area contributed by atoms with Gasteiger partial charge in [0.05, 0.1) is 0 Å². The van der Waals surface area contributed by atoms with E-state index in [1.165, 1.54) is 11.1 Å². The lowest BCUT2D eigenvalue weighted by Crippen LogP contribution is -2.64. The van der Waals surface area contributed by atoms with Gasteiger partial charge in [-0.25, -0.2) is 4.39 Å². The fourth-order valence-corrected chi connectivity index (χ4v) is 9.22. The Kier molecular flexibility index (Phi) is 6.76. The Bertz CT molecular complexity index is 1130. The summed E-state index contributed by atoms with van der Waals surface area (Å²) in [6, 6.07) is 8.15. The van der Waals surface area contributed by atoms with Crippen molar-refractivity contribution in [2.24, 2.45) is 17.3 Å². The first-order valence-corrected chi connectivity index (χ1v) is 14.8. The molecule has 0 aromatic heterocycles. The minimum atomic E-state index is -5.18. The van der Waals surface area contributed by atoms with E-state index in [2.05, 4.69) is 6.92 Å². The fraction of sp³-hybridized carbons (Fsp3) is 0.607. The molecule has 196 valence electrons. The molecular formula is C28H31F4IO2S. The molecular weight excluding hydrogens is 603 g/mol. The van der Waals surface area contributed by atoms with Crippen molar-refractivity contribution in [1.29, 1.82) is 0 Å². The van der Waals surface area contributed by atoms with E-state index in [4.69, 9.17) is 0 Å². The third-order valence-electron chi connectivity index (χ3n) is 9.36. The number of aliphatic hydroxyl groups is 1. The lowest BCUT2D eigenvalue weighted by Gasteiger charge is -2.56. The van der Waals surface area contributed by atoms with Crippen LogP contribution >= 0.6 is 34.4 Å². The second-order valence-electron chi connectivity index (χ2n) is 11.0. The lowest BCUT2D eigenvalue weighted by atomic mass is 9.50. The molecule has 0 amide bonds. The zero-order valence-corrected chi connectivity index (χ0v) is 23.4. The third-order valence-corrected chi connectivity index (χ3v) is 11.8. The zero-order valence-electron chi connectivity index (χ0n) is 20.4. The van der Waals surface area contributed by atoms with E-state index in [1.54, 1.807) is 24.8 Å². The van der Waals surface area contributed by atoms with E-state index >= 15 is 4.39 Å². The van der Waals surface area contributed by atoms with Gasteiger partial charge >= 0.3 is 6.18 Å². The van der Waals surface area contributed by atoms with Gasteiger partial charge in [0, 0.05) is 22.6 Å². The van der Waals surface area contributed by atoms with E-state index in [-0.39, 0.29) is 36.4 Å². The monoisotopic (exact) mass is 634 g/mol. The van der Waals surface area contributed by atoms with E-state index in [9.17, 15) is 23.1 Å². The molecule has 4 aliphatic rings. The summed E-state index contributed by atoms with van der Waals surface area (Å²) in [5.74, 6) is 0.545. The maximum absolute atomic E-state index is 15.7. The van der Waals surface area contributed by atoms with Gasteiger partial charge in [0.1, 0.15) is 5.60 Å². The summed E-state index contributed by atoms with van der Waals surface area (Å²) in [7, 11) is 0. The number of rotatable bonds is 4. The summed E-state index contributed by atoms with van der Waals surface area (Å²) < 4.78 is 53.9. The molecule has 3 unspecified atom stereocenters. The number of thioether (sulfide) groups is 1. The van der Waals surface area contributed by atoms with Gasteiger partial charge in [-0.15, -0.1) is 11.8 Å². The van der Waals surface area contributed by atoms with E-state index in [0.29, 0.717) is 32.1 Å². The smallest absolute Gasteiger partial charge is 0.385 e. The Labute approximate surface area is 227 Å². The van der Waals surface area contributed by atoms with Gasteiger partial charge in [0.15, 0.2) is 5.78 Å². The maximum atomic E-state index is 15.7. The van der Waals surface area contributed by atoms with Crippen LogP contribution in [-0.4, -0.2) is 32.1 Å². The van der Waals surface area contributed by atoms with Crippen LogP contribution in [0.3, 0.4) is 0 Å². The predicted molar refractivity (Wildman–Crippen MR) is 142 cm³/mol. The summed E-state index contributed by atoms with van der Waals surface area (Å²) in [5.41, 5.74) is 0.667. The summed E-state index contributed by atoms with van der Waals surface area (Å²) in [4.78, 5) is 13.3. The number of fused-ring (bicyclic) bond motifs is 4. The molecule has 2 fully saturated rings. The first-order valence-electron chi connectivity index (χ1n) is 12.7. The van der Waals surface area contributed by atoms with Crippen molar-refractivity contribution in [1.82, 2.24) is 0 Å². The van der Waals surface area contributed by atoms with Crippen molar-refractivity contribution in [3.63, 3.8) is 0 Å². The molecule has 36 heavy (non-hydrogen) atoms. The van der Waals surface area contributed by atoms with Crippen molar-refractivity contribution in [3.8, 4) is 0 Å². The van der Waals surface area contributed by atoms with Gasteiger partial charge < -0.3 is 5.11 Å². The molecule has 0 saturated heterocycles. The highest BCUT2D eigenvalue weighted by Crippen LogP contribution is 2.71. The van der Waals surface area contributed by atoms with Gasteiger partial charge in [-0.1, -0.05) is 31.6 Å². The molecule has 2 saturated carbocycles. The first-order chi connectivity index (χ1) is 16.8. The number of allylic oxidation sites excluding steroid dienone is 4. The third kappa shape index (κ3) is 3.86. The summed E-state index contributed by atoms with van der Waals surface area (Å²) in [5, 5.41) is 11.7. The SMILES string of the molecule is CCSc1ccc([C@H]2C[C@@]3(C)C(CC[C@@]3(O)C(F)(I)C(F)(F)F)C3CCC4=CC(=O)CCC4=C32)cc1. The van der Waals surface area contributed by atoms with Crippen LogP contribution in [0, 0.1) is 17.3 Å². The van der Waals surface area contributed by atoms with Gasteiger partial charge in [0.2, 0.25) is 0 Å². The molecule has 1 aromatic rings. The number of ketones is 1. The van der Waals surface area contributed by atoms with Gasteiger partial charge in [-0.3, -0.25) is 4.79 Å². The number of carbonyl (C=O) groups excluding carboxylic acids is 1. The van der Waals surface area contributed by atoms with Crippen LogP contribution in [0.25, 0.3) is 0 Å². The Morgan fingerprint density at radius 3 is 2.44 bits per heavy atom. The van der Waals surface area contributed by atoms with Crippen molar-refractivity contribution < 1.29 is 27.5 Å². The van der Waals surface area contributed by atoms with Crippen LogP contribution in [0.5, 0.6) is 0 Å². The average Bonchev–Trinajstić information content (AvgIpc) is 3.10. The van der Waals surface area contributed by atoms with E-state index in [1.807, 2.05) is 24.3 Å². The van der Waals surface area contributed by atoms with Gasteiger partial charge in [-0.05, 0) is 114 Å². The molecule has 0 heterocycles. The summed E-state index contributed by atoms with van der Waals surface area (Å²) in [6.07, 6.45) is -0.552. The van der Waals surface area contributed by atoms with Crippen LogP contribution < -0.4 is 0 Å². The minimum absolute atomic E-state index is 0.0340. The molecule has 0 aliphatic heterocycles. The molecule has 1 N–H and O–H groups in total. The van der Waals surface area contributed by atoms with Crippen LogP contribution in [0.2, 0.25) is 0 Å². The van der Waals surface area contributed by atoms with Crippen LogP contribution in [-0.2, 0) is 4.79 Å². The fourth-order valence-electron chi connectivity index (χ4n) is 7.68. The first kappa shape index (κ1) is 26.7. The standard InChI is InChI=1S/C28H31F4IO2S/c1-3-36-19-8-4-16(5-9-19)22-15-25(2)23(12-13-26(25,35)27(29,33)28(30,31)32)21-10-6-17-14-18(34)7-11-20(17)24(21)22/h4-5,8-9,14,21-23,35H,3,6-7,10-13,15H2,1-2H3/t21?,22-,23?,25+,26+,27?/m1/s1. The van der Waals surface area contributed by atoms with Crippen molar-refractivity contribution in [2.75, 3.05) is 5.75 Å². The molecule has 5 rings (SSSR count). The van der Waals surface area contributed by atoms with Gasteiger partial charge in [0.25, 0.3) is 3.68 Å². The minimum Gasteiger partial charge on any atom is -0.385 e. The van der Waals surface area contributed by atoms with Crippen molar-refractivity contribution in [2.45, 2.75) is 85.1 Å². The predicted octanol–water partition coefficient (Wildman–Crippen LogP) is 8.09. The number of carbonyl (C=O) groups is 1. The molecule has 8 heteroatoms. The van der Waals surface area contributed by atoms with E-state index < -0.39 is 20.9 Å². The highest BCUT2D eigenvalue weighted by atomic mass is 127. The number of alkyl halides is 5. The molecule has 0 radical (unpaired) electrons. The van der Waals surface area contributed by atoms with Crippen molar-refractivity contribution >= 4 is 40.1 Å². The van der Waals surface area contributed by atoms with E-state index in [0.717, 1.165) is 44.4 Å². The average molecular weight is 635 g/mol. The Hall–Kier alpha value is -0.870. The number of halogens is 5. The molecule has 0 bridgehead atoms.